The summed E-state index contributed by atoms with van der Waals surface area (Å²) in [6.45, 7) is 0. The van der Waals surface area contributed by atoms with Crippen molar-refractivity contribution in [1.29, 1.82) is 0 Å². The van der Waals surface area contributed by atoms with E-state index in [-0.39, 0.29) is 5.89 Å². The zero-order valence-electron chi connectivity index (χ0n) is 4.63. The lowest BCUT2D eigenvalue weighted by molar-refractivity contribution is 0.0935. The first-order chi connectivity index (χ1) is 4.34. The fourth-order valence-corrected chi connectivity index (χ4v) is 0.411. The SMILES string of the molecule is [CH2]NC(=O)c1ncco1. The number of nitrogens with one attached hydrogen (secondary N) is 1. The molecule has 0 aliphatic heterocycles. The van der Waals surface area contributed by atoms with E-state index in [0.717, 1.165) is 0 Å². The van der Waals surface area contributed by atoms with E-state index in [1.54, 1.807) is 0 Å². The minimum atomic E-state index is -0.417. The first-order valence-electron chi connectivity index (χ1n) is 2.31. The molecule has 0 fully saturated rings. The van der Waals surface area contributed by atoms with Crippen molar-refractivity contribution < 1.29 is 9.21 Å². The number of aromatic nitrogens is 1. The van der Waals surface area contributed by atoms with Crippen LogP contribution in [0.4, 0.5) is 0 Å². The van der Waals surface area contributed by atoms with Gasteiger partial charge in [0.05, 0.1) is 6.20 Å². The van der Waals surface area contributed by atoms with Crippen LogP contribution in [0.2, 0.25) is 0 Å². The van der Waals surface area contributed by atoms with Crippen LogP contribution in [0.5, 0.6) is 0 Å². The fraction of sp³-hybridized carbons (Fsp3) is 0. The number of hydrogen-bond donors (Lipinski definition) is 1. The molecule has 1 aromatic heterocycles. The summed E-state index contributed by atoms with van der Waals surface area (Å²) in [5, 5.41) is 2.12. The average Bonchev–Trinajstić information content (AvgIpc) is 2.37. The molecule has 1 aromatic rings. The molecule has 1 radical (unpaired) electrons. The second-order valence-corrected chi connectivity index (χ2v) is 1.34. The van der Waals surface area contributed by atoms with Gasteiger partial charge in [-0.1, -0.05) is 0 Å². The first-order valence-corrected chi connectivity index (χ1v) is 2.31. The third kappa shape index (κ3) is 1.07. The Morgan fingerprint density at radius 2 is 2.67 bits per heavy atom. The predicted molar refractivity (Wildman–Crippen MR) is 29.3 cm³/mol. The zero-order valence-corrected chi connectivity index (χ0v) is 4.63. The summed E-state index contributed by atoms with van der Waals surface area (Å²) in [6.07, 6.45) is 2.72. The summed E-state index contributed by atoms with van der Waals surface area (Å²) in [4.78, 5) is 14.1. The van der Waals surface area contributed by atoms with Gasteiger partial charge in [-0.05, 0) is 0 Å². The smallest absolute Gasteiger partial charge is 0.307 e. The van der Waals surface area contributed by atoms with Crippen LogP contribution in [0, 0.1) is 7.05 Å². The number of carbonyl (C=O) groups excluding carboxylic acids is 1. The van der Waals surface area contributed by atoms with Crippen LogP contribution in [0.25, 0.3) is 0 Å². The Hall–Kier alpha value is -1.32. The van der Waals surface area contributed by atoms with Crippen molar-refractivity contribution >= 4 is 5.91 Å². The van der Waals surface area contributed by atoms with Crippen LogP contribution in [-0.2, 0) is 0 Å². The maximum absolute atomic E-state index is 10.5. The highest BCUT2D eigenvalue weighted by Gasteiger charge is 2.05. The van der Waals surface area contributed by atoms with Crippen LogP contribution in [-0.4, -0.2) is 10.9 Å². The van der Waals surface area contributed by atoms with E-state index in [1.807, 2.05) is 0 Å². The number of rotatable bonds is 1. The van der Waals surface area contributed by atoms with Crippen LogP contribution in [0.1, 0.15) is 10.7 Å². The molecule has 1 rings (SSSR count). The van der Waals surface area contributed by atoms with E-state index in [0.29, 0.717) is 0 Å². The highest BCUT2D eigenvalue weighted by Crippen LogP contribution is 1.91. The standard InChI is InChI=1S/C5H5N2O2/c1-6-4(8)5-7-2-3-9-5/h2-3H,1H2,(H,6,8). The topological polar surface area (TPSA) is 55.1 Å². The monoisotopic (exact) mass is 125 g/mol. The molecule has 4 heteroatoms. The normalized spacial score (nSPS) is 9.00. The molecular weight excluding hydrogens is 120 g/mol. The van der Waals surface area contributed by atoms with E-state index < -0.39 is 5.91 Å². The summed E-state index contributed by atoms with van der Waals surface area (Å²) in [5.74, 6) is -0.384. The lowest BCUT2D eigenvalue weighted by atomic mass is 10.6. The Morgan fingerprint density at radius 3 is 3.11 bits per heavy atom. The third-order valence-corrected chi connectivity index (χ3v) is 0.787. The van der Waals surface area contributed by atoms with Gasteiger partial charge in [-0.25, -0.2) is 4.98 Å². The molecule has 0 unspecified atom stereocenters. The largest absolute Gasteiger partial charge is 0.441 e. The van der Waals surface area contributed by atoms with Gasteiger partial charge in [-0.3, -0.25) is 4.79 Å². The molecule has 0 saturated heterocycles. The van der Waals surface area contributed by atoms with E-state index in [2.05, 4.69) is 21.8 Å². The Morgan fingerprint density at radius 1 is 1.89 bits per heavy atom. The Labute approximate surface area is 51.9 Å². The second-order valence-electron chi connectivity index (χ2n) is 1.34. The van der Waals surface area contributed by atoms with E-state index >= 15 is 0 Å². The lowest BCUT2D eigenvalue weighted by Crippen LogP contribution is -2.15. The maximum atomic E-state index is 10.5. The molecule has 0 aliphatic rings. The van der Waals surface area contributed by atoms with Crippen LogP contribution >= 0.6 is 0 Å². The van der Waals surface area contributed by atoms with Crippen molar-refractivity contribution in [2.75, 3.05) is 0 Å². The van der Waals surface area contributed by atoms with Crippen molar-refractivity contribution in [2.45, 2.75) is 0 Å². The van der Waals surface area contributed by atoms with Gasteiger partial charge in [0, 0.05) is 7.05 Å². The van der Waals surface area contributed by atoms with Gasteiger partial charge in [0.25, 0.3) is 5.89 Å². The van der Waals surface area contributed by atoms with Gasteiger partial charge >= 0.3 is 5.91 Å². The molecule has 0 atom stereocenters. The molecule has 9 heavy (non-hydrogen) atoms. The third-order valence-electron chi connectivity index (χ3n) is 0.787. The molecule has 0 bridgehead atoms. The number of carbonyl (C=O) groups is 1. The van der Waals surface area contributed by atoms with E-state index in [1.165, 1.54) is 12.5 Å². The molecule has 1 N–H and O–H groups in total. The summed E-state index contributed by atoms with van der Waals surface area (Å²) in [7, 11) is 3.14. The molecule has 0 aliphatic carbocycles. The first kappa shape index (κ1) is 5.81. The maximum Gasteiger partial charge on any atom is 0.307 e. The van der Waals surface area contributed by atoms with Gasteiger partial charge < -0.3 is 9.73 Å². The van der Waals surface area contributed by atoms with Gasteiger partial charge in [0.1, 0.15) is 6.26 Å². The van der Waals surface area contributed by atoms with Crippen molar-refractivity contribution in [1.82, 2.24) is 10.3 Å². The number of hydrogen-bond acceptors (Lipinski definition) is 3. The molecule has 47 valence electrons. The van der Waals surface area contributed by atoms with Crippen molar-refractivity contribution in [3.05, 3.63) is 25.4 Å². The Bertz CT molecular complexity index is 193. The van der Waals surface area contributed by atoms with Crippen molar-refractivity contribution in [3.8, 4) is 0 Å². The van der Waals surface area contributed by atoms with Crippen LogP contribution in [0.3, 0.4) is 0 Å². The number of amides is 1. The zero-order chi connectivity index (χ0) is 6.69. The molecule has 0 spiro atoms. The minimum absolute atomic E-state index is 0.0324. The lowest BCUT2D eigenvalue weighted by Gasteiger charge is -1.88. The van der Waals surface area contributed by atoms with E-state index in [4.69, 9.17) is 0 Å². The minimum Gasteiger partial charge on any atom is -0.441 e. The van der Waals surface area contributed by atoms with Gasteiger partial charge in [0.2, 0.25) is 0 Å². The number of oxazole rings is 1. The van der Waals surface area contributed by atoms with Crippen molar-refractivity contribution in [2.24, 2.45) is 0 Å². The average molecular weight is 125 g/mol. The molecule has 1 amide bonds. The fourth-order valence-electron chi connectivity index (χ4n) is 0.411. The molecule has 0 saturated carbocycles. The van der Waals surface area contributed by atoms with Gasteiger partial charge in [-0.15, -0.1) is 0 Å². The Balaban J connectivity index is 2.77. The van der Waals surface area contributed by atoms with Crippen LogP contribution < -0.4 is 5.32 Å². The van der Waals surface area contributed by atoms with Gasteiger partial charge in [0.15, 0.2) is 0 Å². The Kier molecular flexibility index (Phi) is 1.48. The van der Waals surface area contributed by atoms with Crippen molar-refractivity contribution in [3.63, 3.8) is 0 Å². The summed E-state index contributed by atoms with van der Waals surface area (Å²) in [5.41, 5.74) is 0. The second kappa shape index (κ2) is 2.30. The van der Waals surface area contributed by atoms with Crippen LogP contribution in [0.15, 0.2) is 16.9 Å². The quantitative estimate of drug-likeness (QED) is 0.583. The highest BCUT2D eigenvalue weighted by molar-refractivity contribution is 5.89. The summed E-state index contributed by atoms with van der Waals surface area (Å²) in [6, 6.07) is 0. The molecule has 1 heterocycles. The summed E-state index contributed by atoms with van der Waals surface area (Å²) < 4.78 is 4.62. The predicted octanol–water partition coefficient (Wildman–Crippen LogP) is 0.196. The number of nitrogens with zero attached hydrogens (tertiary/aromatic N) is 1. The highest BCUT2D eigenvalue weighted by atomic mass is 16.3. The van der Waals surface area contributed by atoms with Gasteiger partial charge in [-0.2, -0.15) is 0 Å². The van der Waals surface area contributed by atoms with E-state index in [9.17, 15) is 4.79 Å². The molecule has 4 nitrogen and oxygen atoms in total. The molecular formula is C5H5N2O2. The molecule has 0 aromatic carbocycles. The summed E-state index contributed by atoms with van der Waals surface area (Å²) >= 11 is 0.